The van der Waals surface area contributed by atoms with Crippen LogP contribution in [0.1, 0.15) is 25.8 Å². The van der Waals surface area contributed by atoms with Crippen molar-refractivity contribution >= 4 is 5.96 Å². The van der Waals surface area contributed by atoms with E-state index in [1.165, 1.54) is 4.90 Å². The molecular formula is C19H29F3N4O. The summed E-state index contributed by atoms with van der Waals surface area (Å²) < 4.78 is 38.0. The van der Waals surface area contributed by atoms with E-state index in [4.69, 9.17) is 0 Å². The van der Waals surface area contributed by atoms with Gasteiger partial charge in [-0.25, -0.2) is 4.99 Å². The molecular weight excluding hydrogens is 357 g/mol. The smallest absolute Gasteiger partial charge is 0.401 e. The fourth-order valence-electron chi connectivity index (χ4n) is 3.29. The Labute approximate surface area is 158 Å². The number of aliphatic imine (C=N–C) groups is 1. The van der Waals surface area contributed by atoms with E-state index in [0.717, 1.165) is 31.0 Å². The van der Waals surface area contributed by atoms with E-state index in [0.29, 0.717) is 26.2 Å². The molecule has 0 bridgehead atoms. The van der Waals surface area contributed by atoms with Crippen LogP contribution in [0.5, 0.6) is 5.75 Å². The molecule has 2 N–H and O–H groups in total. The maximum absolute atomic E-state index is 12.7. The lowest BCUT2D eigenvalue weighted by molar-refractivity contribution is -0.146. The van der Waals surface area contributed by atoms with Crippen molar-refractivity contribution < 1.29 is 18.3 Å². The van der Waals surface area contributed by atoms with Crippen LogP contribution in [0.2, 0.25) is 0 Å². The van der Waals surface area contributed by atoms with E-state index in [-0.39, 0.29) is 11.7 Å². The van der Waals surface area contributed by atoms with Crippen molar-refractivity contribution in [2.75, 3.05) is 39.3 Å². The molecule has 1 aromatic carbocycles. The number of guanidine groups is 1. The molecule has 0 amide bonds. The highest BCUT2D eigenvalue weighted by Gasteiger charge is 2.32. The summed E-state index contributed by atoms with van der Waals surface area (Å²) in [6, 6.07) is 6.91. The number of aromatic hydroxyl groups is 1. The van der Waals surface area contributed by atoms with Gasteiger partial charge in [-0.05, 0) is 43.5 Å². The zero-order valence-corrected chi connectivity index (χ0v) is 16.0. The van der Waals surface area contributed by atoms with Gasteiger partial charge in [-0.15, -0.1) is 0 Å². The van der Waals surface area contributed by atoms with Crippen molar-refractivity contribution in [2.24, 2.45) is 10.9 Å². The highest BCUT2D eigenvalue weighted by molar-refractivity contribution is 5.80. The van der Waals surface area contributed by atoms with Crippen molar-refractivity contribution in [1.29, 1.82) is 0 Å². The van der Waals surface area contributed by atoms with Crippen LogP contribution < -0.4 is 5.32 Å². The summed E-state index contributed by atoms with van der Waals surface area (Å²) >= 11 is 0. The summed E-state index contributed by atoms with van der Waals surface area (Å²) in [5, 5.41) is 12.6. The topological polar surface area (TPSA) is 51.1 Å². The second-order valence-electron chi connectivity index (χ2n) is 6.88. The van der Waals surface area contributed by atoms with E-state index >= 15 is 0 Å². The third kappa shape index (κ3) is 7.28. The Balaban J connectivity index is 1.94. The molecule has 1 unspecified atom stereocenters. The van der Waals surface area contributed by atoms with Gasteiger partial charge in [0.1, 0.15) is 5.75 Å². The Morgan fingerprint density at radius 3 is 2.59 bits per heavy atom. The van der Waals surface area contributed by atoms with Crippen LogP contribution >= 0.6 is 0 Å². The molecule has 0 radical (unpaired) electrons. The summed E-state index contributed by atoms with van der Waals surface area (Å²) in [6.45, 7) is 6.45. The zero-order chi connectivity index (χ0) is 19.9. The van der Waals surface area contributed by atoms with Crippen LogP contribution in [0.25, 0.3) is 0 Å². The van der Waals surface area contributed by atoms with Gasteiger partial charge >= 0.3 is 6.18 Å². The SMILES string of the molecule is CCNC(=NCc1ccc(O)cc1)N1CCC(CN(CC)CC(F)(F)F)C1. The largest absolute Gasteiger partial charge is 0.508 e. The second kappa shape index (κ2) is 9.82. The minimum absolute atomic E-state index is 0.199. The zero-order valence-electron chi connectivity index (χ0n) is 16.0. The van der Waals surface area contributed by atoms with Crippen LogP contribution in [0.15, 0.2) is 29.3 Å². The molecule has 0 aliphatic carbocycles. The first-order valence-electron chi connectivity index (χ1n) is 9.41. The average molecular weight is 386 g/mol. The normalized spacial score (nSPS) is 18.4. The maximum Gasteiger partial charge on any atom is 0.401 e. The number of nitrogens with one attached hydrogen (secondary N) is 1. The fraction of sp³-hybridized carbons (Fsp3) is 0.632. The van der Waals surface area contributed by atoms with Crippen LogP contribution in [0.4, 0.5) is 13.2 Å². The molecule has 1 heterocycles. The van der Waals surface area contributed by atoms with E-state index in [1.807, 2.05) is 19.1 Å². The van der Waals surface area contributed by atoms with E-state index < -0.39 is 12.7 Å². The number of phenols is 1. The molecule has 0 saturated carbocycles. The van der Waals surface area contributed by atoms with Gasteiger partial charge in [0.25, 0.3) is 0 Å². The van der Waals surface area contributed by atoms with Crippen molar-refractivity contribution in [3.05, 3.63) is 29.8 Å². The van der Waals surface area contributed by atoms with Gasteiger partial charge in [0, 0.05) is 26.2 Å². The molecule has 1 atom stereocenters. The third-order valence-electron chi connectivity index (χ3n) is 4.63. The summed E-state index contributed by atoms with van der Waals surface area (Å²) in [5.74, 6) is 1.20. The van der Waals surface area contributed by atoms with Crippen LogP contribution in [0, 0.1) is 5.92 Å². The number of nitrogens with zero attached hydrogens (tertiary/aromatic N) is 3. The van der Waals surface area contributed by atoms with E-state index in [9.17, 15) is 18.3 Å². The van der Waals surface area contributed by atoms with E-state index in [1.54, 1.807) is 19.1 Å². The van der Waals surface area contributed by atoms with Crippen LogP contribution in [-0.2, 0) is 6.54 Å². The Bertz CT molecular complexity index is 604. The quantitative estimate of drug-likeness (QED) is 0.559. The second-order valence-corrected chi connectivity index (χ2v) is 6.88. The maximum atomic E-state index is 12.7. The first-order valence-corrected chi connectivity index (χ1v) is 9.41. The van der Waals surface area contributed by atoms with Crippen molar-refractivity contribution in [2.45, 2.75) is 33.0 Å². The molecule has 0 aromatic heterocycles. The van der Waals surface area contributed by atoms with Gasteiger partial charge in [-0.3, -0.25) is 4.90 Å². The van der Waals surface area contributed by atoms with Crippen LogP contribution in [-0.4, -0.2) is 66.3 Å². The minimum atomic E-state index is -4.16. The molecule has 1 saturated heterocycles. The number of hydrogen-bond donors (Lipinski definition) is 2. The number of hydrogen-bond acceptors (Lipinski definition) is 3. The molecule has 0 spiro atoms. The lowest BCUT2D eigenvalue weighted by atomic mass is 10.1. The number of likely N-dealkylation sites (tertiary alicyclic amines) is 1. The lowest BCUT2D eigenvalue weighted by Gasteiger charge is -2.26. The van der Waals surface area contributed by atoms with Gasteiger partial charge in [-0.1, -0.05) is 19.1 Å². The molecule has 1 aliphatic heterocycles. The summed E-state index contributed by atoms with van der Waals surface area (Å²) in [4.78, 5) is 8.23. The number of halogens is 3. The van der Waals surface area contributed by atoms with Gasteiger partial charge in [0.15, 0.2) is 5.96 Å². The minimum Gasteiger partial charge on any atom is -0.508 e. The summed E-state index contributed by atoms with van der Waals surface area (Å²) in [6.07, 6.45) is -3.30. The third-order valence-corrected chi connectivity index (χ3v) is 4.63. The van der Waals surface area contributed by atoms with E-state index in [2.05, 4.69) is 15.2 Å². The number of rotatable bonds is 7. The van der Waals surface area contributed by atoms with Crippen molar-refractivity contribution in [1.82, 2.24) is 15.1 Å². The predicted molar refractivity (Wildman–Crippen MR) is 101 cm³/mol. The predicted octanol–water partition coefficient (Wildman–Crippen LogP) is 3.06. The van der Waals surface area contributed by atoms with Gasteiger partial charge in [0.05, 0.1) is 13.1 Å². The highest BCUT2D eigenvalue weighted by Crippen LogP contribution is 2.21. The molecule has 1 aromatic rings. The lowest BCUT2D eigenvalue weighted by Crippen LogP contribution is -2.41. The Kier molecular flexibility index (Phi) is 7.77. The van der Waals surface area contributed by atoms with Gasteiger partial charge in [-0.2, -0.15) is 13.2 Å². The average Bonchev–Trinajstić information content (AvgIpc) is 3.06. The number of alkyl halides is 3. The number of benzene rings is 1. The van der Waals surface area contributed by atoms with Gasteiger partial charge in [0.2, 0.25) is 0 Å². The molecule has 2 rings (SSSR count). The Morgan fingerprint density at radius 2 is 2.00 bits per heavy atom. The summed E-state index contributed by atoms with van der Waals surface area (Å²) in [7, 11) is 0. The standard InChI is InChI=1S/C19H29F3N4O/c1-3-23-18(24-11-15-5-7-17(27)8-6-15)26-10-9-16(13-26)12-25(4-2)14-19(20,21)22/h5-8,16,27H,3-4,9-14H2,1-2H3,(H,23,24). The number of phenolic OH excluding ortho intramolecular Hbond substituents is 1. The molecule has 1 fully saturated rings. The molecule has 152 valence electrons. The molecule has 1 aliphatic rings. The first-order chi connectivity index (χ1) is 12.8. The van der Waals surface area contributed by atoms with Gasteiger partial charge < -0.3 is 15.3 Å². The molecule has 27 heavy (non-hydrogen) atoms. The fourth-order valence-corrected chi connectivity index (χ4v) is 3.29. The Morgan fingerprint density at radius 1 is 1.30 bits per heavy atom. The molecule has 5 nitrogen and oxygen atoms in total. The monoisotopic (exact) mass is 386 g/mol. The Hall–Kier alpha value is -1.96. The van der Waals surface area contributed by atoms with Crippen LogP contribution in [0.3, 0.4) is 0 Å². The highest BCUT2D eigenvalue weighted by atomic mass is 19.4. The first kappa shape index (κ1) is 21.3. The molecule has 8 heteroatoms. The summed E-state index contributed by atoms with van der Waals surface area (Å²) in [5.41, 5.74) is 0.987. The van der Waals surface area contributed by atoms with Crippen molar-refractivity contribution in [3.63, 3.8) is 0 Å². The van der Waals surface area contributed by atoms with Crippen molar-refractivity contribution in [3.8, 4) is 5.75 Å².